The highest BCUT2D eigenvalue weighted by molar-refractivity contribution is 6.32. The lowest BCUT2D eigenvalue weighted by atomic mass is 9.64. The molecular formula is C37H31NO6. The number of methoxy groups -OCH3 is 3. The molecule has 7 nitrogen and oxygen atoms in total. The number of Topliss-reactive ketones (excluding diaryl/α,β-unsaturated/α-hetero) is 3. The molecule has 4 aromatic rings. The van der Waals surface area contributed by atoms with E-state index in [4.69, 9.17) is 14.2 Å². The Hall–Kier alpha value is -5.17. The normalized spacial score (nSPS) is 20.7. The standard InChI is InChI=1S/C37H31NO6/c1-21-12-15-29-22(18-21)13-17-31-37(35(40)26-10-5-6-11-27(26)36(37)41)32(28-20-25(43-3)14-16-30(28)44-4)33(38(29)31)34(39)23-8-7-9-24(19-23)42-2/h5-20,31-33H,1-4H3/t31-,32+,33-/m1/s1. The first-order valence-electron chi connectivity index (χ1n) is 14.5. The molecule has 0 bridgehead atoms. The summed E-state index contributed by atoms with van der Waals surface area (Å²) in [7, 11) is 4.65. The summed E-state index contributed by atoms with van der Waals surface area (Å²) in [6.07, 6.45) is 3.88. The Morgan fingerprint density at radius 2 is 1.48 bits per heavy atom. The molecule has 0 unspecified atom stereocenters. The van der Waals surface area contributed by atoms with E-state index in [0.29, 0.717) is 39.5 Å². The van der Waals surface area contributed by atoms with Gasteiger partial charge in [-0.2, -0.15) is 0 Å². The van der Waals surface area contributed by atoms with Gasteiger partial charge in [-0.05, 0) is 55.0 Å². The molecule has 0 radical (unpaired) electrons. The van der Waals surface area contributed by atoms with Gasteiger partial charge in [0.2, 0.25) is 0 Å². The van der Waals surface area contributed by atoms with Crippen LogP contribution in [0.3, 0.4) is 0 Å². The number of ether oxygens (including phenoxy) is 3. The van der Waals surface area contributed by atoms with Crippen LogP contribution in [0, 0.1) is 12.3 Å². The van der Waals surface area contributed by atoms with Crippen LogP contribution in [0.15, 0.2) is 91.0 Å². The van der Waals surface area contributed by atoms with Gasteiger partial charge < -0.3 is 19.1 Å². The van der Waals surface area contributed by atoms with Crippen LogP contribution in [0.5, 0.6) is 17.2 Å². The van der Waals surface area contributed by atoms with Gasteiger partial charge in [-0.15, -0.1) is 0 Å². The minimum Gasteiger partial charge on any atom is -0.497 e. The Balaban J connectivity index is 1.58. The Bertz CT molecular complexity index is 1860. The summed E-state index contributed by atoms with van der Waals surface area (Å²) in [4.78, 5) is 46.8. The van der Waals surface area contributed by atoms with Crippen molar-refractivity contribution in [2.45, 2.75) is 24.9 Å². The lowest BCUT2D eigenvalue weighted by Crippen LogP contribution is -2.48. The van der Waals surface area contributed by atoms with Crippen molar-refractivity contribution in [3.05, 3.63) is 124 Å². The predicted octanol–water partition coefficient (Wildman–Crippen LogP) is 6.34. The molecule has 3 atom stereocenters. The molecule has 7 heteroatoms. The van der Waals surface area contributed by atoms with Crippen LogP contribution < -0.4 is 19.1 Å². The third-order valence-corrected chi connectivity index (χ3v) is 9.35. The minimum atomic E-state index is -1.65. The van der Waals surface area contributed by atoms with Crippen molar-refractivity contribution < 1.29 is 28.6 Å². The maximum atomic E-state index is 15.0. The molecule has 0 N–H and O–H groups in total. The summed E-state index contributed by atoms with van der Waals surface area (Å²) in [6.45, 7) is 2.01. The van der Waals surface area contributed by atoms with Crippen LogP contribution in [-0.4, -0.2) is 50.8 Å². The number of hydrogen-bond acceptors (Lipinski definition) is 7. The van der Waals surface area contributed by atoms with Gasteiger partial charge >= 0.3 is 0 Å². The van der Waals surface area contributed by atoms with E-state index in [-0.39, 0.29) is 17.3 Å². The number of ketones is 3. The zero-order chi connectivity index (χ0) is 30.7. The third-order valence-electron chi connectivity index (χ3n) is 9.35. The highest BCUT2D eigenvalue weighted by Crippen LogP contribution is 2.62. The fourth-order valence-corrected chi connectivity index (χ4v) is 7.47. The van der Waals surface area contributed by atoms with E-state index in [1.807, 2.05) is 42.2 Å². The van der Waals surface area contributed by atoms with Gasteiger partial charge in [-0.3, -0.25) is 14.4 Å². The van der Waals surface area contributed by atoms with E-state index in [2.05, 4.69) is 0 Å². The number of rotatable bonds is 6. The van der Waals surface area contributed by atoms with E-state index in [9.17, 15) is 14.4 Å². The number of benzene rings is 4. The maximum Gasteiger partial charge on any atom is 0.186 e. The Kier molecular flexibility index (Phi) is 6.43. The van der Waals surface area contributed by atoms with Crippen molar-refractivity contribution in [1.29, 1.82) is 0 Å². The lowest BCUT2D eigenvalue weighted by molar-refractivity contribution is 0.0664. The second-order valence-electron chi connectivity index (χ2n) is 11.5. The smallest absolute Gasteiger partial charge is 0.186 e. The van der Waals surface area contributed by atoms with Crippen LogP contribution in [0.4, 0.5) is 5.69 Å². The molecule has 7 rings (SSSR count). The van der Waals surface area contributed by atoms with Gasteiger partial charge in [0.15, 0.2) is 17.3 Å². The second kappa shape index (κ2) is 10.2. The Labute approximate surface area is 255 Å². The zero-order valence-corrected chi connectivity index (χ0v) is 24.9. The maximum absolute atomic E-state index is 15.0. The average molecular weight is 586 g/mol. The summed E-state index contributed by atoms with van der Waals surface area (Å²) in [5.74, 6) is -0.253. The second-order valence-corrected chi connectivity index (χ2v) is 11.5. The fourth-order valence-electron chi connectivity index (χ4n) is 7.47. The molecule has 1 aliphatic carbocycles. The number of anilines is 1. The van der Waals surface area contributed by atoms with E-state index >= 15 is 0 Å². The van der Waals surface area contributed by atoms with E-state index in [1.54, 1.807) is 88.1 Å². The molecule has 1 saturated heterocycles. The molecule has 0 amide bonds. The van der Waals surface area contributed by atoms with Gasteiger partial charge in [0.1, 0.15) is 28.7 Å². The monoisotopic (exact) mass is 585 g/mol. The molecular weight excluding hydrogens is 554 g/mol. The van der Waals surface area contributed by atoms with Crippen LogP contribution in [0.2, 0.25) is 0 Å². The van der Waals surface area contributed by atoms with Gasteiger partial charge in [0.25, 0.3) is 0 Å². The number of carbonyl (C=O) groups excluding carboxylic acids is 3. The molecule has 44 heavy (non-hydrogen) atoms. The van der Waals surface area contributed by atoms with Gasteiger partial charge in [0.05, 0.1) is 27.4 Å². The van der Waals surface area contributed by atoms with Crippen LogP contribution >= 0.6 is 0 Å². The summed E-state index contributed by atoms with van der Waals surface area (Å²) in [6, 6.07) is 23.6. The van der Waals surface area contributed by atoms with Crippen molar-refractivity contribution in [2.75, 3.05) is 26.2 Å². The number of nitrogens with zero attached hydrogens (tertiary/aromatic N) is 1. The minimum absolute atomic E-state index is 0.237. The van der Waals surface area contributed by atoms with Crippen molar-refractivity contribution in [3.63, 3.8) is 0 Å². The summed E-state index contributed by atoms with van der Waals surface area (Å²) in [5, 5.41) is 0. The van der Waals surface area contributed by atoms with Crippen LogP contribution in [-0.2, 0) is 0 Å². The fraction of sp³-hybridized carbons (Fsp3) is 0.216. The molecule has 0 aromatic heterocycles. The molecule has 0 saturated carbocycles. The summed E-state index contributed by atoms with van der Waals surface area (Å²) in [5.41, 5.74) is 2.79. The van der Waals surface area contributed by atoms with E-state index in [0.717, 1.165) is 16.8 Å². The number of aryl methyl sites for hydroxylation is 1. The molecule has 2 aliphatic heterocycles. The average Bonchev–Trinajstić information content (AvgIpc) is 3.49. The molecule has 2 heterocycles. The topological polar surface area (TPSA) is 82.1 Å². The van der Waals surface area contributed by atoms with Gasteiger partial charge in [0, 0.05) is 33.9 Å². The SMILES string of the molecule is COc1cccc(C(=O)[C@H]2[C@H](c3cc(OC)ccc3OC)C3(C(=O)c4ccccc4C3=O)[C@H]3C=Cc4cc(C)ccc4N23)c1. The first kappa shape index (κ1) is 27.7. The van der Waals surface area contributed by atoms with Crippen molar-refractivity contribution >= 4 is 29.1 Å². The number of carbonyl (C=O) groups is 3. The number of hydrogen-bond donors (Lipinski definition) is 0. The molecule has 1 fully saturated rings. The Morgan fingerprint density at radius 1 is 0.773 bits per heavy atom. The quantitative estimate of drug-likeness (QED) is 0.193. The molecule has 1 spiro atoms. The Morgan fingerprint density at radius 3 is 2.16 bits per heavy atom. The summed E-state index contributed by atoms with van der Waals surface area (Å²) >= 11 is 0. The van der Waals surface area contributed by atoms with Gasteiger partial charge in [-0.1, -0.05) is 60.2 Å². The molecule has 4 aromatic carbocycles. The third kappa shape index (κ3) is 3.71. The van der Waals surface area contributed by atoms with Crippen LogP contribution in [0.1, 0.15) is 53.7 Å². The number of fused-ring (bicyclic) bond motifs is 5. The van der Waals surface area contributed by atoms with Crippen molar-refractivity contribution in [3.8, 4) is 17.2 Å². The van der Waals surface area contributed by atoms with Crippen LogP contribution in [0.25, 0.3) is 6.08 Å². The highest BCUT2D eigenvalue weighted by atomic mass is 16.5. The van der Waals surface area contributed by atoms with Crippen molar-refractivity contribution in [2.24, 2.45) is 5.41 Å². The zero-order valence-electron chi connectivity index (χ0n) is 24.9. The lowest BCUT2D eigenvalue weighted by Gasteiger charge is -2.37. The predicted molar refractivity (Wildman–Crippen MR) is 167 cm³/mol. The molecule has 3 aliphatic rings. The van der Waals surface area contributed by atoms with E-state index in [1.165, 1.54) is 0 Å². The highest BCUT2D eigenvalue weighted by Gasteiger charge is 2.72. The van der Waals surface area contributed by atoms with Gasteiger partial charge in [-0.25, -0.2) is 0 Å². The first-order chi connectivity index (χ1) is 21.3. The first-order valence-corrected chi connectivity index (χ1v) is 14.5. The van der Waals surface area contributed by atoms with E-state index < -0.39 is 23.4 Å². The van der Waals surface area contributed by atoms with Crippen molar-refractivity contribution in [1.82, 2.24) is 0 Å². The summed E-state index contributed by atoms with van der Waals surface area (Å²) < 4.78 is 17.0. The largest absolute Gasteiger partial charge is 0.497 e. The molecule has 220 valence electrons.